The number of hydrogen-bond donors (Lipinski definition) is 3. The first kappa shape index (κ1) is 21.9. The second kappa shape index (κ2) is 9.38. The largest absolute Gasteiger partial charge is 0.434 e. The van der Waals surface area contributed by atoms with Crippen molar-refractivity contribution >= 4 is 11.7 Å². The van der Waals surface area contributed by atoms with E-state index in [1.807, 2.05) is 0 Å². The van der Waals surface area contributed by atoms with Gasteiger partial charge in [0.05, 0.1) is 11.2 Å². The molecule has 1 aromatic heterocycles. The van der Waals surface area contributed by atoms with Crippen molar-refractivity contribution in [2.24, 2.45) is 11.5 Å². The Hall–Kier alpha value is -3.75. The van der Waals surface area contributed by atoms with Gasteiger partial charge in [0.1, 0.15) is 11.6 Å². The zero-order valence-corrected chi connectivity index (χ0v) is 16.7. The van der Waals surface area contributed by atoms with Crippen LogP contribution in [0.2, 0.25) is 0 Å². The van der Waals surface area contributed by atoms with Gasteiger partial charge < -0.3 is 21.5 Å². The van der Waals surface area contributed by atoms with Crippen molar-refractivity contribution in [1.29, 1.82) is 0 Å². The molecule has 0 bridgehead atoms. The van der Waals surface area contributed by atoms with Crippen LogP contribution in [-0.2, 0) is 4.74 Å². The van der Waals surface area contributed by atoms with Gasteiger partial charge in [0.15, 0.2) is 0 Å². The molecule has 9 heteroatoms. The van der Waals surface area contributed by atoms with Gasteiger partial charge in [-0.05, 0) is 61.9 Å². The quantitative estimate of drug-likeness (QED) is 0.415. The van der Waals surface area contributed by atoms with E-state index in [2.05, 4.69) is 26.8 Å². The Labute approximate surface area is 178 Å². The van der Waals surface area contributed by atoms with Gasteiger partial charge in [0.2, 0.25) is 5.91 Å². The van der Waals surface area contributed by atoms with Gasteiger partial charge in [0, 0.05) is 16.7 Å². The minimum absolute atomic E-state index is 0.0447. The number of ether oxygens (including phenoxy) is 1. The highest BCUT2D eigenvalue weighted by molar-refractivity contribution is 5.94. The maximum absolute atomic E-state index is 12.9. The first-order valence-corrected chi connectivity index (χ1v) is 9.60. The fraction of sp³-hybridized carbons (Fsp3) is 0.227. The first-order chi connectivity index (χ1) is 14.8. The number of rotatable bonds is 9. The Kier molecular flexibility index (Phi) is 6.64. The molecule has 1 saturated carbocycles. The van der Waals surface area contributed by atoms with E-state index in [4.69, 9.17) is 11.5 Å². The molecule has 0 unspecified atom stereocenters. The minimum Gasteiger partial charge on any atom is -0.434 e. The number of alkyl halides is 2. The average molecular weight is 427 g/mol. The van der Waals surface area contributed by atoms with Crippen molar-refractivity contribution in [3.63, 3.8) is 0 Å². The molecule has 0 aliphatic heterocycles. The third kappa shape index (κ3) is 5.06. The van der Waals surface area contributed by atoms with Gasteiger partial charge in [-0.25, -0.2) is 0 Å². The average Bonchev–Trinajstić information content (AvgIpc) is 2.73. The molecule has 162 valence electrons. The fourth-order valence-corrected chi connectivity index (χ4v) is 3.35. The Bertz CT molecular complexity index is 1010. The van der Waals surface area contributed by atoms with Gasteiger partial charge in [-0.15, -0.1) is 10.2 Å². The van der Waals surface area contributed by atoms with Gasteiger partial charge in [-0.3, -0.25) is 4.79 Å². The lowest BCUT2D eigenvalue weighted by Crippen LogP contribution is -2.47. The summed E-state index contributed by atoms with van der Waals surface area (Å²) in [5.41, 5.74) is 12.0. The number of allylic oxidation sites excluding steroid dienone is 2. The molecule has 31 heavy (non-hydrogen) atoms. The summed E-state index contributed by atoms with van der Waals surface area (Å²) in [6, 6.07) is 10.2. The van der Waals surface area contributed by atoms with Crippen LogP contribution in [-0.4, -0.2) is 28.3 Å². The highest BCUT2D eigenvalue weighted by atomic mass is 19.3. The molecule has 1 fully saturated rings. The van der Waals surface area contributed by atoms with E-state index < -0.39 is 18.1 Å². The number of aromatic nitrogens is 2. The molecule has 7 nitrogen and oxygen atoms in total. The van der Waals surface area contributed by atoms with Crippen LogP contribution < -0.4 is 16.8 Å². The standard InChI is InChI=1S/C22H23F2N5O2/c1-14(18(7-3-12-25)31-21(23)24)22(10-4-11-22)27-19-9-8-17(28-29-19)15-5-2-6-16(13-15)20(26)30/h2-3,5-9,12-13,21H,1,4,10-11,25H2,(H2,26,30)(H,27,29)/b12-3-,18-7+. The number of anilines is 1. The van der Waals surface area contributed by atoms with E-state index in [0.29, 0.717) is 41.1 Å². The number of carbonyl (C=O) groups excluding carboxylic acids is 1. The van der Waals surface area contributed by atoms with Crippen LogP contribution in [0.5, 0.6) is 0 Å². The number of benzene rings is 1. The number of nitrogens with zero attached hydrogens (tertiary/aromatic N) is 2. The normalized spacial score (nSPS) is 15.5. The molecular weight excluding hydrogens is 404 g/mol. The van der Waals surface area contributed by atoms with Gasteiger partial charge in [-0.2, -0.15) is 8.78 Å². The van der Waals surface area contributed by atoms with Crippen LogP contribution in [0.1, 0.15) is 29.6 Å². The maximum atomic E-state index is 12.9. The predicted octanol–water partition coefficient (Wildman–Crippen LogP) is 3.73. The molecule has 3 rings (SSSR count). The molecular formula is C22H23F2N5O2. The first-order valence-electron chi connectivity index (χ1n) is 9.60. The molecule has 0 saturated heterocycles. The summed E-state index contributed by atoms with van der Waals surface area (Å²) in [5, 5.41) is 11.7. The second-order valence-corrected chi connectivity index (χ2v) is 7.08. The third-order valence-corrected chi connectivity index (χ3v) is 5.13. The number of nitrogens with one attached hydrogen (secondary N) is 1. The lowest BCUT2D eigenvalue weighted by Gasteiger charge is -2.44. The number of halogens is 2. The number of amides is 1. The predicted molar refractivity (Wildman–Crippen MR) is 114 cm³/mol. The molecule has 0 spiro atoms. The van der Waals surface area contributed by atoms with Crippen LogP contribution in [0, 0.1) is 0 Å². The summed E-state index contributed by atoms with van der Waals surface area (Å²) in [6.45, 7) is 1.00. The van der Waals surface area contributed by atoms with E-state index in [9.17, 15) is 13.6 Å². The van der Waals surface area contributed by atoms with E-state index in [1.165, 1.54) is 18.4 Å². The van der Waals surface area contributed by atoms with E-state index in [0.717, 1.165) is 6.42 Å². The Balaban J connectivity index is 1.81. The number of primary amides is 1. The third-order valence-electron chi connectivity index (χ3n) is 5.13. The van der Waals surface area contributed by atoms with Crippen molar-refractivity contribution in [1.82, 2.24) is 10.2 Å². The number of hydrogen-bond acceptors (Lipinski definition) is 6. The summed E-state index contributed by atoms with van der Waals surface area (Å²) in [6.07, 6.45) is 6.23. The van der Waals surface area contributed by atoms with Crippen molar-refractivity contribution in [2.45, 2.75) is 31.4 Å². The Morgan fingerprint density at radius 1 is 1.26 bits per heavy atom. The molecule has 1 aromatic carbocycles. The minimum atomic E-state index is -2.98. The van der Waals surface area contributed by atoms with Crippen molar-refractivity contribution in [3.05, 3.63) is 78.2 Å². The van der Waals surface area contributed by atoms with Gasteiger partial charge in [0.25, 0.3) is 0 Å². The van der Waals surface area contributed by atoms with E-state index in [1.54, 1.807) is 36.4 Å². The number of carbonyl (C=O) groups is 1. The molecule has 1 aliphatic rings. The van der Waals surface area contributed by atoms with Crippen LogP contribution in [0.25, 0.3) is 11.3 Å². The summed E-state index contributed by atoms with van der Waals surface area (Å²) in [5.74, 6) is -0.115. The Morgan fingerprint density at radius 3 is 2.58 bits per heavy atom. The van der Waals surface area contributed by atoms with Gasteiger partial charge >= 0.3 is 6.61 Å². The highest BCUT2D eigenvalue weighted by Crippen LogP contribution is 2.43. The topological polar surface area (TPSA) is 116 Å². The molecule has 0 radical (unpaired) electrons. The van der Waals surface area contributed by atoms with Gasteiger partial charge in [-0.1, -0.05) is 18.7 Å². The van der Waals surface area contributed by atoms with E-state index >= 15 is 0 Å². The fourth-order valence-electron chi connectivity index (χ4n) is 3.35. The molecule has 1 amide bonds. The molecule has 5 N–H and O–H groups in total. The van der Waals surface area contributed by atoms with Crippen LogP contribution in [0.4, 0.5) is 14.6 Å². The van der Waals surface area contributed by atoms with E-state index in [-0.39, 0.29) is 5.76 Å². The highest BCUT2D eigenvalue weighted by Gasteiger charge is 2.42. The summed E-state index contributed by atoms with van der Waals surface area (Å²) >= 11 is 0. The summed E-state index contributed by atoms with van der Waals surface area (Å²) < 4.78 is 30.4. The van der Waals surface area contributed by atoms with Crippen molar-refractivity contribution in [3.8, 4) is 11.3 Å². The zero-order valence-electron chi connectivity index (χ0n) is 16.7. The van der Waals surface area contributed by atoms with Crippen LogP contribution >= 0.6 is 0 Å². The molecule has 2 aromatic rings. The van der Waals surface area contributed by atoms with Crippen molar-refractivity contribution < 1.29 is 18.3 Å². The summed E-state index contributed by atoms with van der Waals surface area (Å²) in [7, 11) is 0. The van der Waals surface area contributed by atoms with Crippen LogP contribution in [0.15, 0.2) is 72.7 Å². The summed E-state index contributed by atoms with van der Waals surface area (Å²) in [4.78, 5) is 11.4. The molecule has 1 heterocycles. The van der Waals surface area contributed by atoms with Crippen molar-refractivity contribution in [2.75, 3.05) is 5.32 Å². The SMILES string of the molecule is C=C(/C(=C\C=C/N)OC(F)F)C1(Nc2ccc(-c3cccc(C(N)=O)c3)nn2)CCC1. The monoisotopic (exact) mass is 427 g/mol. The number of nitrogens with two attached hydrogens (primary N) is 2. The Morgan fingerprint density at radius 2 is 2.03 bits per heavy atom. The van der Waals surface area contributed by atoms with Crippen LogP contribution in [0.3, 0.4) is 0 Å². The molecule has 1 aliphatic carbocycles. The smallest absolute Gasteiger partial charge is 0.387 e. The second-order valence-electron chi connectivity index (χ2n) is 7.08. The maximum Gasteiger partial charge on any atom is 0.387 e. The molecule has 0 atom stereocenters. The lowest BCUT2D eigenvalue weighted by molar-refractivity contribution is -0.0946. The zero-order chi connectivity index (χ0) is 22.4. The lowest BCUT2D eigenvalue weighted by atomic mass is 9.71.